The van der Waals surface area contributed by atoms with Crippen LogP contribution in [0.25, 0.3) is 27.5 Å². The van der Waals surface area contributed by atoms with Gasteiger partial charge in [-0.1, -0.05) is 30.3 Å². The molecule has 1 aliphatic carbocycles. The van der Waals surface area contributed by atoms with Crippen LogP contribution < -0.4 is 15.0 Å². The van der Waals surface area contributed by atoms with Gasteiger partial charge in [0.05, 0.1) is 34.9 Å². The molecule has 270 valence electrons. The molecule has 12 heteroatoms. The molecule has 1 spiro atoms. The molecule has 1 amide bonds. The van der Waals surface area contributed by atoms with Crippen LogP contribution >= 0.6 is 11.6 Å². The molecule has 9 rings (SSSR count). The average molecular weight is 732 g/mol. The Labute approximate surface area is 311 Å². The smallest absolute Gasteiger partial charge is 0.255 e. The van der Waals surface area contributed by atoms with Crippen LogP contribution in [0.3, 0.4) is 0 Å². The summed E-state index contributed by atoms with van der Waals surface area (Å²) in [7, 11) is 0. The van der Waals surface area contributed by atoms with E-state index in [2.05, 4.69) is 37.6 Å². The van der Waals surface area contributed by atoms with Gasteiger partial charge < -0.3 is 24.3 Å². The zero-order valence-electron chi connectivity index (χ0n) is 29.4. The molecule has 2 N–H and O–H groups in total. The maximum atomic E-state index is 14.3. The number of nitrogens with zero attached hydrogens (tertiary/aromatic N) is 5. The van der Waals surface area contributed by atoms with E-state index in [4.69, 9.17) is 31.0 Å². The van der Waals surface area contributed by atoms with Crippen LogP contribution in [0.4, 0.5) is 15.9 Å². The van der Waals surface area contributed by atoms with Crippen LogP contribution in [-0.4, -0.2) is 56.4 Å². The average Bonchev–Trinajstić information content (AvgIpc) is 3.45. The van der Waals surface area contributed by atoms with Gasteiger partial charge in [-0.2, -0.15) is 10.1 Å². The molecule has 2 atom stereocenters. The first-order valence-corrected chi connectivity index (χ1v) is 18.5. The Morgan fingerprint density at radius 2 is 1.96 bits per heavy atom. The summed E-state index contributed by atoms with van der Waals surface area (Å²) >= 11 is 5.90. The summed E-state index contributed by atoms with van der Waals surface area (Å²) in [5.74, 6) is 2.17. The van der Waals surface area contributed by atoms with Gasteiger partial charge in [-0.15, -0.1) is 0 Å². The summed E-state index contributed by atoms with van der Waals surface area (Å²) in [4.78, 5) is 25.7. The molecule has 0 bridgehead atoms. The molecule has 2 saturated heterocycles. The first-order valence-electron chi connectivity index (χ1n) is 18.1. The first kappa shape index (κ1) is 33.6. The minimum absolute atomic E-state index is 0.0733. The van der Waals surface area contributed by atoms with Gasteiger partial charge in [0.2, 0.25) is 5.88 Å². The molecule has 0 radical (unpaired) electrons. The molecule has 53 heavy (non-hydrogen) atoms. The molecular weight excluding hydrogens is 693 g/mol. The topological polar surface area (TPSA) is 110 Å². The number of allylic oxidation sites excluding steroid dienone is 1. The van der Waals surface area contributed by atoms with Gasteiger partial charge in [0.1, 0.15) is 24.1 Å². The van der Waals surface area contributed by atoms with Crippen LogP contribution in [0.5, 0.6) is 5.88 Å². The number of aromatic amines is 1. The van der Waals surface area contributed by atoms with E-state index in [1.165, 1.54) is 6.07 Å². The number of H-pyrrole nitrogens is 1. The number of aromatic nitrogens is 5. The van der Waals surface area contributed by atoms with E-state index in [9.17, 15) is 9.18 Å². The highest BCUT2D eigenvalue weighted by molar-refractivity contribution is 6.30. The second kappa shape index (κ2) is 13.3. The van der Waals surface area contributed by atoms with Crippen molar-refractivity contribution in [2.24, 2.45) is 5.41 Å². The lowest BCUT2D eigenvalue weighted by atomic mass is 9.90. The van der Waals surface area contributed by atoms with Gasteiger partial charge in [0, 0.05) is 58.9 Å². The highest BCUT2D eigenvalue weighted by Crippen LogP contribution is 2.65. The highest BCUT2D eigenvalue weighted by Gasteiger charge is 2.57. The third-order valence-corrected chi connectivity index (χ3v) is 11.4. The lowest BCUT2D eigenvalue weighted by Gasteiger charge is -2.34. The Hall–Kier alpha value is -5.26. The minimum Gasteiger partial charge on any atom is -0.473 e. The lowest BCUT2D eigenvalue weighted by molar-refractivity contribution is -0.0590. The van der Waals surface area contributed by atoms with E-state index < -0.39 is 5.82 Å². The van der Waals surface area contributed by atoms with E-state index in [1.807, 2.05) is 43.3 Å². The van der Waals surface area contributed by atoms with Crippen LogP contribution in [0, 0.1) is 11.2 Å². The molecule has 3 fully saturated rings. The van der Waals surface area contributed by atoms with Crippen molar-refractivity contribution in [3.8, 4) is 5.88 Å². The number of piperidine rings is 1. The summed E-state index contributed by atoms with van der Waals surface area (Å²) in [6, 6.07) is 21.8. The van der Waals surface area contributed by atoms with E-state index in [0.717, 1.165) is 96.8 Å². The highest BCUT2D eigenvalue weighted by atomic mass is 35.5. The molecule has 10 nitrogen and oxygen atoms in total. The minimum atomic E-state index is -0.396. The van der Waals surface area contributed by atoms with E-state index in [1.54, 1.807) is 24.3 Å². The van der Waals surface area contributed by atoms with Gasteiger partial charge in [-0.05, 0) is 98.2 Å². The number of rotatable bonds is 10. The zero-order chi connectivity index (χ0) is 36.3. The Kier molecular flexibility index (Phi) is 8.42. The number of anilines is 2. The SMILES string of the molecule is C=C(C)c1n[nH]c2ccc(C(=O)Nc3ccc4c(c3)nc(C3CC35CCN(c3cccc(OCc6ccc(Cl)cc6F)n3)CC5)n4C[C@@H]3CCO3)cc12. The third kappa shape index (κ3) is 6.42. The molecule has 5 heterocycles. The number of carbonyl (C=O) groups excluding carboxylic acids is 1. The van der Waals surface area contributed by atoms with Crippen LogP contribution in [-0.2, 0) is 17.9 Å². The van der Waals surface area contributed by atoms with Gasteiger partial charge in [-0.25, -0.2) is 9.37 Å². The number of benzene rings is 3. The van der Waals surface area contributed by atoms with Crippen molar-refractivity contribution >= 4 is 56.5 Å². The summed E-state index contributed by atoms with van der Waals surface area (Å²) in [6.45, 7) is 9.30. The molecule has 3 aliphatic rings. The molecule has 2 aliphatic heterocycles. The summed E-state index contributed by atoms with van der Waals surface area (Å²) in [5, 5.41) is 11.7. The van der Waals surface area contributed by atoms with Crippen molar-refractivity contribution in [3.63, 3.8) is 0 Å². The molecule has 1 unspecified atom stereocenters. The number of halogens is 2. The van der Waals surface area contributed by atoms with Crippen LogP contribution in [0.15, 0.2) is 79.4 Å². The lowest BCUT2D eigenvalue weighted by Crippen LogP contribution is -2.36. The van der Waals surface area contributed by atoms with Crippen LogP contribution in [0.2, 0.25) is 5.02 Å². The maximum absolute atomic E-state index is 14.3. The number of nitrogens with one attached hydrogen (secondary N) is 2. The number of carbonyl (C=O) groups is 1. The predicted molar refractivity (Wildman–Crippen MR) is 204 cm³/mol. The summed E-state index contributed by atoms with van der Waals surface area (Å²) in [6.07, 6.45) is 4.36. The summed E-state index contributed by atoms with van der Waals surface area (Å²) in [5.41, 5.74) is 6.22. The quantitative estimate of drug-likeness (QED) is 0.145. The number of hydrogen-bond donors (Lipinski definition) is 2. The first-order chi connectivity index (χ1) is 25.7. The third-order valence-electron chi connectivity index (χ3n) is 11.1. The molecule has 3 aromatic carbocycles. The van der Waals surface area contributed by atoms with Gasteiger partial charge >= 0.3 is 0 Å². The van der Waals surface area contributed by atoms with Crippen molar-refractivity contribution in [1.29, 1.82) is 0 Å². The fraction of sp³-hybridized carbons (Fsp3) is 0.317. The van der Waals surface area contributed by atoms with Crippen LogP contribution in [0.1, 0.15) is 66.0 Å². The van der Waals surface area contributed by atoms with E-state index >= 15 is 0 Å². The van der Waals surface area contributed by atoms with Crippen molar-refractivity contribution in [2.45, 2.75) is 57.8 Å². The molecule has 1 saturated carbocycles. The Bertz CT molecular complexity index is 2390. The normalized spacial score (nSPS) is 19.0. The summed E-state index contributed by atoms with van der Waals surface area (Å²) < 4.78 is 28.4. The van der Waals surface area contributed by atoms with E-state index in [-0.39, 0.29) is 24.0 Å². The number of ether oxygens (including phenoxy) is 2. The van der Waals surface area contributed by atoms with Crippen molar-refractivity contribution in [1.82, 2.24) is 24.7 Å². The number of pyridine rings is 1. The van der Waals surface area contributed by atoms with Gasteiger partial charge in [0.15, 0.2) is 0 Å². The largest absolute Gasteiger partial charge is 0.473 e. The van der Waals surface area contributed by atoms with Gasteiger partial charge in [-0.3, -0.25) is 9.89 Å². The second-order valence-electron chi connectivity index (χ2n) is 14.6. The Morgan fingerprint density at radius 1 is 1.11 bits per heavy atom. The Balaban J connectivity index is 0.900. The number of hydrogen-bond acceptors (Lipinski definition) is 7. The molecule has 6 aromatic rings. The second-order valence-corrected chi connectivity index (χ2v) is 15.0. The molecule has 3 aromatic heterocycles. The number of imidazole rings is 1. The zero-order valence-corrected chi connectivity index (χ0v) is 30.1. The predicted octanol–water partition coefficient (Wildman–Crippen LogP) is 8.53. The Morgan fingerprint density at radius 3 is 2.74 bits per heavy atom. The number of fused-ring (bicyclic) bond motifs is 2. The number of amides is 1. The standard InChI is InChI=1S/C41H39ClFN7O3/c1-24(2)38-30-18-25(7-10-33(30)47-48-38)40(51)44-28-9-11-35-34(20-28)45-39(50(35)22-29-12-17-52-29)31-21-41(31)13-15-49(16-14-41)36-4-3-5-37(46-36)53-23-26-6-8-27(42)19-32(26)43/h3-11,18-20,29,31H,1,12-17,21-23H2,2H3,(H,44,51)(H,47,48)/t29-,31?/m0/s1. The van der Waals surface area contributed by atoms with E-state index in [0.29, 0.717) is 33.6 Å². The monoisotopic (exact) mass is 731 g/mol. The van der Waals surface area contributed by atoms with Crippen molar-refractivity contribution in [3.05, 3.63) is 113 Å². The molecular formula is C41H39ClFN7O3. The fourth-order valence-corrected chi connectivity index (χ4v) is 8.06. The van der Waals surface area contributed by atoms with Crippen molar-refractivity contribution < 1.29 is 18.7 Å². The van der Waals surface area contributed by atoms with Gasteiger partial charge in [0.25, 0.3) is 5.91 Å². The maximum Gasteiger partial charge on any atom is 0.255 e. The fourth-order valence-electron chi connectivity index (χ4n) is 7.90. The van der Waals surface area contributed by atoms with Crippen molar-refractivity contribution in [2.75, 3.05) is 29.9 Å².